The van der Waals surface area contributed by atoms with Gasteiger partial charge in [-0.05, 0) is 29.3 Å². The number of nitrogens with zero attached hydrogens (tertiary/aromatic N) is 1. The van der Waals surface area contributed by atoms with E-state index in [-0.39, 0.29) is 6.61 Å². The molecule has 0 bridgehead atoms. The average molecular weight is 256 g/mol. The third-order valence-corrected chi connectivity index (χ3v) is 3.08. The van der Waals surface area contributed by atoms with Crippen LogP contribution in [0.4, 0.5) is 0 Å². The summed E-state index contributed by atoms with van der Waals surface area (Å²) in [6, 6.07) is 7.46. The molecule has 84 valence electrons. The molecule has 1 aromatic heterocycles. The van der Waals surface area contributed by atoms with Crippen LogP contribution in [0.3, 0.4) is 0 Å². The van der Waals surface area contributed by atoms with E-state index in [1.807, 2.05) is 35.2 Å². The molecule has 0 saturated carbocycles. The Hall–Kier alpha value is -0.960. The Labute approximate surface area is 104 Å². The molecule has 1 N–H and O–H groups in total. The van der Waals surface area contributed by atoms with Crippen molar-refractivity contribution in [2.24, 2.45) is 0 Å². The molecule has 0 radical (unpaired) electrons. The fourth-order valence-corrected chi connectivity index (χ4v) is 1.85. The van der Waals surface area contributed by atoms with E-state index in [0.717, 1.165) is 17.7 Å². The Morgan fingerprint density at radius 3 is 2.50 bits per heavy atom. The minimum atomic E-state index is 0.0639. The number of aromatic nitrogens is 1. The quantitative estimate of drug-likeness (QED) is 0.895. The molecule has 1 heterocycles. The molecular formula is C12H11Cl2NO. The van der Waals surface area contributed by atoms with Crippen LogP contribution in [0.25, 0.3) is 0 Å². The summed E-state index contributed by atoms with van der Waals surface area (Å²) in [4.78, 5) is 0. The fourth-order valence-electron chi connectivity index (χ4n) is 1.53. The van der Waals surface area contributed by atoms with Crippen molar-refractivity contribution in [2.45, 2.75) is 13.2 Å². The number of rotatable bonds is 3. The van der Waals surface area contributed by atoms with E-state index >= 15 is 0 Å². The van der Waals surface area contributed by atoms with Gasteiger partial charge in [-0.25, -0.2) is 0 Å². The van der Waals surface area contributed by atoms with E-state index in [4.69, 9.17) is 28.3 Å². The lowest BCUT2D eigenvalue weighted by molar-refractivity contribution is 0.282. The van der Waals surface area contributed by atoms with Crippen LogP contribution in [-0.4, -0.2) is 9.67 Å². The zero-order valence-electron chi connectivity index (χ0n) is 8.53. The summed E-state index contributed by atoms with van der Waals surface area (Å²) in [5, 5.41) is 10.1. The first-order chi connectivity index (χ1) is 7.69. The van der Waals surface area contributed by atoms with Crippen LogP contribution in [0.1, 0.15) is 11.1 Å². The first-order valence-electron chi connectivity index (χ1n) is 4.88. The molecule has 0 spiro atoms. The van der Waals surface area contributed by atoms with Crippen LogP contribution in [0.2, 0.25) is 10.0 Å². The summed E-state index contributed by atoms with van der Waals surface area (Å²) >= 11 is 11.8. The molecule has 2 rings (SSSR count). The average Bonchev–Trinajstić information content (AvgIpc) is 2.71. The van der Waals surface area contributed by atoms with Crippen LogP contribution in [0.15, 0.2) is 36.7 Å². The highest BCUT2D eigenvalue weighted by Gasteiger charge is 2.01. The van der Waals surface area contributed by atoms with Crippen molar-refractivity contribution in [3.8, 4) is 0 Å². The number of aliphatic hydroxyl groups excluding tert-OH is 1. The van der Waals surface area contributed by atoms with Crippen molar-refractivity contribution in [3.63, 3.8) is 0 Å². The second-order valence-corrected chi connectivity index (χ2v) is 4.41. The first kappa shape index (κ1) is 11.5. The number of aliphatic hydroxyl groups is 1. The summed E-state index contributed by atoms with van der Waals surface area (Å²) in [6.07, 6.45) is 3.83. The van der Waals surface area contributed by atoms with Gasteiger partial charge in [0.2, 0.25) is 0 Å². The largest absolute Gasteiger partial charge is 0.392 e. The molecule has 0 atom stereocenters. The molecule has 0 aliphatic heterocycles. The zero-order valence-corrected chi connectivity index (χ0v) is 10.0. The highest BCUT2D eigenvalue weighted by atomic mass is 35.5. The van der Waals surface area contributed by atoms with Crippen molar-refractivity contribution < 1.29 is 5.11 Å². The summed E-state index contributed by atoms with van der Waals surface area (Å²) < 4.78 is 1.99. The van der Waals surface area contributed by atoms with Gasteiger partial charge in [0, 0.05) is 18.9 Å². The van der Waals surface area contributed by atoms with Crippen LogP contribution in [0.5, 0.6) is 0 Å². The van der Waals surface area contributed by atoms with E-state index in [2.05, 4.69) is 0 Å². The Morgan fingerprint density at radius 1 is 1.06 bits per heavy atom. The summed E-state index contributed by atoms with van der Waals surface area (Å²) in [7, 11) is 0. The molecule has 0 aliphatic rings. The second-order valence-electron chi connectivity index (χ2n) is 3.60. The lowest BCUT2D eigenvalue weighted by Gasteiger charge is -2.04. The van der Waals surface area contributed by atoms with Gasteiger partial charge >= 0.3 is 0 Å². The molecular weight excluding hydrogens is 245 g/mol. The van der Waals surface area contributed by atoms with E-state index in [9.17, 15) is 0 Å². The molecule has 0 unspecified atom stereocenters. The van der Waals surface area contributed by atoms with Gasteiger partial charge < -0.3 is 9.67 Å². The molecule has 1 aromatic carbocycles. The van der Waals surface area contributed by atoms with Crippen molar-refractivity contribution in [1.29, 1.82) is 0 Å². The summed E-state index contributed by atoms with van der Waals surface area (Å²) in [6.45, 7) is 0.783. The standard InChI is InChI=1S/C12H11Cl2NO/c13-11-2-1-9(5-12(11)14)6-15-4-3-10(7-15)8-16/h1-5,7,16H,6,8H2. The first-order valence-corrected chi connectivity index (χ1v) is 5.64. The van der Waals surface area contributed by atoms with Gasteiger partial charge in [-0.1, -0.05) is 29.3 Å². The number of benzene rings is 1. The van der Waals surface area contributed by atoms with E-state index in [0.29, 0.717) is 10.0 Å². The Kier molecular flexibility index (Phi) is 3.54. The SMILES string of the molecule is OCc1ccn(Cc2ccc(Cl)c(Cl)c2)c1. The summed E-state index contributed by atoms with van der Waals surface area (Å²) in [5.41, 5.74) is 1.98. The van der Waals surface area contributed by atoms with Crippen molar-refractivity contribution >= 4 is 23.2 Å². The Bertz CT molecular complexity index is 494. The maximum absolute atomic E-state index is 8.95. The third-order valence-electron chi connectivity index (χ3n) is 2.34. The molecule has 0 aliphatic carbocycles. The minimum absolute atomic E-state index is 0.0639. The number of hydrogen-bond acceptors (Lipinski definition) is 1. The van der Waals surface area contributed by atoms with Crippen molar-refractivity contribution in [3.05, 3.63) is 57.8 Å². The molecule has 2 aromatic rings. The summed E-state index contributed by atoms with van der Waals surface area (Å²) in [5.74, 6) is 0. The van der Waals surface area contributed by atoms with Crippen LogP contribution >= 0.6 is 23.2 Å². The highest BCUT2D eigenvalue weighted by Crippen LogP contribution is 2.23. The van der Waals surface area contributed by atoms with Crippen molar-refractivity contribution in [1.82, 2.24) is 4.57 Å². The molecule has 2 nitrogen and oxygen atoms in total. The smallest absolute Gasteiger partial charge is 0.0696 e. The van der Waals surface area contributed by atoms with Crippen molar-refractivity contribution in [2.75, 3.05) is 0 Å². The third kappa shape index (κ3) is 2.59. The van der Waals surface area contributed by atoms with Crippen LogP contribution in [-0.2, 0) is 13.2 Å². The van der Waals surface area contributed by atoms with E-state index in [1.54, 1.807) is 6.07 Å². The molecule has 0 saturated heterocycles. The highest BCUT2D eigenvalue weighted by molar-refractivity contribution is 6.42. The predicted molar refractivity (Wildman–Crippen MR) is 65.9 cm³/mol. The normalized spacial score (nSPS) is 10.7. The van der Waals surface area contributed by atoms with Crippen LogP contribution < -0.4 is 0 Å². The number of halogens is 2. The lowest BCUT2D eigenvalue weighted by atomic mass is 10.2. The van der Waals surface area contributed by atoms with E-state index in [1.165, 1.54) is 0 Å². The van der Waals surface area contributed by atoms with Gasteiger partial charge in [-0.2, -0.15) is 0 Å². The van der Waals surface area contributed by atoms with Gasteiger partial charge in [0.15, 0.2) is 0 Å². The predicted octanol–water partition coefficient (Wildman–Crippen LogP) is 3.34. The molecule has 16 heavy (non-hydrogen) atoms. The Morgan fingerprint density at radius 2 is 1.88 bits per heavy atom. The maximum atomic E-state index is 8.95. The molecule has 0 fully saturated rings. The van der Waals surface area contributed by atoms with Crippen LogP contribution in [0, 0.1) is 0 Å². The van der Waals surface area contributed by atoms with Gasteiger partial charge in [-0.15, -0.1) is 0 Å². The molecule has 0 amide bonds. The van der Waals surface area contributed by atoms with Gasteiger partial charge in [0.1, 0.15) is 0 Å². The maximum Gasteiger partial charge on any atom is 0.0696 e. The minimum Gasteiger partial charge on any atom is -0.392 e. The van der Waals surface area contributed by atoms with Gasteiger partial charge in [0.05, 0.1) is 16.7 Å². The lowest BCUT2D eigenvalue weighted by Crippen LogP contribution is -1.96. The topological polar surface area (TPSA) is 25.2 Å². The second kappa shape index (κ2) is 4.91. The monoisotopic (exact) mass is 255 g/mol. The zero-order chi connectivity index (χ0) is 11.5. The number of hydrogen-bond donors (Lipinski definition) is 1. The van der Waals surface area contributed by atoms with Gasteiger partial charge in [0.25, 0.3) is 0 Å². The molecule has 4 heteroatoms. The van der Waals surface area contributed by atoms with E-state index < -0.39 is 0 Å². The van der Waals surface area contributed by atoms with Gasteiger partial charge in [-0.3, -0.25) is 0 Å². The Balaban J connectivity index is 2.17. The fraction of sp³-hybridized carbons (Fsp3) is 0.167.